The first-order chi connectivity index (χ1) is 21.1. The molecule has 0 spiro atoms. The molecule has 2 amide bonds. The summed E-state index contributed by atoms with van der Waals surface area (Å²) in [5, 5.41) is 8.48. The number of ether oxygens (including phenoxy) is 1. The number of nitrogens with one attached hydrogen (secondary N) is 2. The number of imidazole rings is 1. The zero-order valence-electron chi connectivity index (χ0n) is 22.9. The summed E-state index contributed by atoms with van der Waals surface area (Å²) in [7, 11) is 0. The van der Waals surface area contributed by atoms with E-state index < -0.39 is 0 Å². The summed E-state index contributed by atoms with van der Waals surface area (Å²) >= 11 is 0. The lowest BCUT2D eigenvalue weighted by atomic mass is 10.1. The average molecular weight is 568 g/mol. The number of carbonyl (C=O) groups excluding carboxylic acids is 2. The zero-order valence-corrected chi connectivity index (χ0v) is 22.9. The van der Waals surface area contributed by atoms with Gasteiger partial charge in [-0.25, -0.2) is 14.5 Å². The maximum absolute atomic E-state index is 12.8. The number of fused-ring (bicyclic) bond motifs is 2. The number of rotatable bonds is 4. The van der Waals surface area contributed by atoms with Crippen LogP contribution in [0.4, 0.5) is 5.82 Å². The van der Waals surface area contributed by atoms with E-state index in [1.807, 2.05) is 65.6 Å². The smallest absolute Gasteiger partial charge is 0.256 e. The van der Waals surface area contributed by atoms with E-state index in [1.165, 1.54) is 0 Å². The molecule has 0 unspecified atom stereocenters. The Morgan fingerprint density at radius 2 is 1.72 bits per heavy atom. The molecular formula is C33H25N7O3. The normalized spacial score (nSPS) is 13.1. The largest absolute Gasteiger partial charge is 0.378 e. The second-order valence-corrected chi connectivity index (χ2v) is 9.98. The zero-order chi connectivity index (χ0) is 29.2. The van der Waals surface area contributed by atoms with Gasteiger partial charge in [0.25, 0.3) is 11.8 Å². The van der Waals surface area contributed by atoms with Gasteiger partial charge in [0, 0.05) is 46.9 Å². The summed E-state index contributed by atoms with van der Waals surface area (Å²) in [6.45, 7) is 2.32. The molecule has 0 bridgehead atoms. The summed E-state index contributed by atoms with van der Waals surface area (Å²) < 4.78 is 7.05. The van der Waals surface area contributed by atoms with Crippen molar-refractivity contribution >= 4 is 34.3 Å². The molecule has 1 aliphatic heterocycles. The second kappa shape index (κ2) is 11.2. The van der Waals surface area contributed by atoms with Crippen LogP contribution in [0.5, 0.6) is 0 Å². The number of hydrogen-bond donors (Lipinski definition) is 2. The van der Waals surface area contributed by atoms with Gasteiger partial charge >= 0.3 is 0 Å². The monoisotopic (exact) mass is 567 g/mol. The molecule has 5 heterocycles. The summed E-state index contributed by atoms with van der Waals surface area (Å²) in [6, 6.07) is 23.8. The predicted octanol–water partition coefficient (Wildman–Crippen LogP) is 4.40. The van der Waals surface area contributed by atoms with Gasteiger partial charge in [0.05, 0.1) is 25.1 Å². The van der Waals surface area contributed by atoms with Crippen LogP contribution in [-0.4, -0.2) is 67.6 Å². The van der Waals surface area contributed by atoms with Crippen LogP contribution in [0.2, 0.25) is 0 Å². The van der Waals surface area contributed by atoms with Crippen LogP contribution < -0.4 is 5.32 Å². The molecule has 0 aliphatic carbocycles. The lowest BCUT2D eigenvalue weighted by Crippen LogP contribution is -2.40. The van der Waals surface area contributed by atoms with E-state index in [2.05, 4.69) is 32.1 Å². The highest BCUT2D eigenvalue weighted by atomic mass is 16.5. The summed E-state index contributed by atoms with van der Waals surface area (Å²) in [4.78, 5) is 39.4. The Kier molecular flexibility index (Phi) is 6.83. The van der Waals surface area contributed by atoms with E-state index in [-0.39, 0.29) is 11.8 Å². The van der Waals surface area contributed by atoms with Crippen LogP contribution in [0.1, 0.15) is 32.0 Å². The Hall–Kier alpha value is -5.79. The van der Waals surface area contributed by atoms with Crippen molar-refractivity contribution in [2.45, 2.75) is 0 Å². The van der Waals surface area contributed by atoms with Crippen LogP contribution in [0.3, 0.4) is 0 Å². The molecule has 2 aromatic carbocycles. The number of aromatic amines is 1. The first-order valence-electron chi connectivity index (χ1n) is 13.8. The first kappa shape index (κ1) is 26.1. The quantitative estimate of drug-likeness (QED) is 0.305. The Morgan fingerprint density at radius 1 is 0.907 bits per heavy atom. The topological polar surface area (TPSA) is 118 Å². The summed E-state index contributed by atoms with van der Waals surface area (Å²) in [6.07, 6.45) is 3.46. The molecule has 10 nitrogen and oxygen atoms in total. The SMILES string of the molecule is O=C(Nc1cc(C#Cc2cnc3ccc(-c4ccc(C(=O)N5CCOCC5)cc4)nn23)c2cc[nH]c2n1)c1ccccc1. The molecule has 6 aromatic rings. The summed E-state index contributed by atoms with van der Waals surface area (Å²) in [5.74, 6) is 6.55. The van der Waals surface area contributed by atoms with E-state index in [4.69, 9.17) is 9.84 Å². The van der Waals surface area contributed by atoms with Gasteiger partial charge in [0.1, 0.15) is 17.2 Å². The molecule has 1 aliphatic rings. The van der Waals surface area contributed by atoms with Gasteiger partial charge in [0.2, 0.25) is 0 Å². The number of anilines is 1. The highest BCUT2D eigenvalue weighted by Crippen LogP contribution is 2.22. The maximum Gasteiger partial charge on any atom is 0.256 e. The van der Waals surface area contributed by atoms with Gasteiger partial charge in [0.15, 0.2) is 5.65 Å². The third kappa shape index (κ3) is 5.32. The van der Waals surface area contributed by atoms with Crippen LogP contribution in [0.25, 0.3) is 27.9 Å². The van der Waals surface area contributed by atoms with Crippen molar-refractivity contribution in [1.82, 2.24) is 29.5 Å². The van der Waals surface area contributed by atoms with Gasteiger partial charge < -0.3 is 19.9 Å². The molecule has 0 radical (unpaired) electrons. The second-order valence-electron chi connectivity index (χ2n) is 9.98. The molecule has 2 N–H and O–H groups in total. The van der Waals surface area contributed by atoms with Crippen molar-refractivity contribution in [3.63, 3.8) is 0 Å². The lowest BCUT2D eigenvalue weighted by Gasteiger charge is -2.26. The molecular weight excluding hydrogens is 542 g/mol. The molecule has 7 rings (SSSR count). The van der Waals surface area contributed by atoms with Crippen LogP contribution in [-0.2, 0) is 4.74 Å². The minimum atomic E-state index is -0.255. The number of nitrogens with zero attached hydrogens (tertiary/aromatic N) is 5. The van der Waals surface area contributed by atoms with Crippen molar-refractivity contribution in [2.75, 3.05) is 31.6 Å². The van der Waals surface area contributed by atoms with E-state index in [1.54, 1.807) is 35.1 Å². The molecule has 1 saturated heterocycles. The molecule has 210 valence electrons. The third-order valence-corrected chi connectivity index (χ3v) is 7.22. The van der Waals surface area contributed by atoms with Crippen molar-refractivity contribution in [1.29, 1.82) is 0 Å². The number of carbonyl (C=O) groups is 2. The Labute approximate surface area is 246 Å². The fraction of sp³-hybridized carbons (Fsp3) is 0.121. The minimum absolute atomic E-state index is 0.000799. The molecule has 10 heteroatoms. The Morgan fingerprint density at radius 3 is 2.53 bits per heavy atom. The molecule has 43 heavy (non-hydrogen) atoms. The highest BCUT2D eigenvalue weighted by molar-refractivity contribution is 6.04. The van der Waals surface area contributed by atoms with Crippen molar-refractivity contribution < 1.29 is 14.3 Å². The number of aromatic nitrogens is 5. The molecule has 1 fully saturated rings. The van der Waals surface area contributed by atoms with Crippen LogP contribution in [0.15, 0.2) is 91.3 Å². The predicted molar refractivity (Wildman–Crippen MR) is 162 cm³/mol. The Balaban J connectivity index is 1.16. The minimum Gasteiger partial charge on any atom is -0.378 e. The first-order valence-corrected chi connectivity index (χ1v) is 13.8. The van der Waals surface area contributed by atoms with Crippen molar-refractivity contribution in [2.24, 2.45) is 0 Å². The fourth-order valence-corrected chi connectivity index (χ4v) is 4.96. The summed E-state index contributed by atoms with van der Waals surface area (Å²) in [5.41, 5.74) is 5.33. The fourth-order valence-electron chi connectivity index (χ4n) is 4.96. The number of amides is 2. The van der Waals surface area contributed by atoms with Gasteiger partial charge in [-0.15, -0.1) is 0 Å². The number of benzene rings is 2. The van der Waals surface area contributed by atoms with Crippen LogP contribution in [0, 0.1) is 11.8 Å². The maximum atomic E-state index is 12.8. The van der Waals surface area contributed by atoms with E-state index in [9.17, 15) is 9.59 Å². The van der Waals surface area contributed by atoms with Crippen molar-refractivity contribution in [3.8, 4) is 23.1 Å². The highest BCUT2D eigenvalue weighted by Gasteiger charge is 2.18. The molecule has 4 aromatic heterocycles. The van der Waals surface area contributed by atoms with Gasteiger partial charge in [-0.2, -0.15) is 5.10 Å². The molecule has 0 atom stereocenters. The number of pyridine rings is 1. The number of morpholine rings is 1. The van der Waals surface area contributed by atoms with Gasteiger partial charge in [-0.05, 0) is 54.5 Å². The van der Waals surface area contributed by atoms with Crippen LogP contribution >= 0.6 is 0 Å². The third-order valence-electron chi connectivity index (χ3n) is 7.22. The molecule has 0 saturated carbocycles. The average Bonchev–Trinajstić information content (AvgIpc) is 3.71. The lowest BCUT2D eigenvalue weighted by molar-refractivity contribution is 0.0303. The van der Waals surface area contributed by atoms with Gasteiger partial charge in [-0.1, -0.05) is 36.3 Å². The Bertz CT molecular complexity index is 2030. The van der Waals surface area contributed by atoms with E-state index >= 15 is 0 Å². The number of hydrogen-bond acceptors (Lipinski definition) is 6. The van der Waals surface area contributed by atoms with E-state index in [0.717, 1.165) is 16.6 Å². The van der Waals surface area contributed by atoms with Gasteiger partial charge in [-0.3, -0.25) is 9.59 Å². The standard InChI is InChI=1S/C33H25N7O3/c41-32(23-4-2-1-3-5-23)37-29-20-25(27-14-15-34-31(27)36-29)10-11-26-21-35-30-13-12-28(38-40(26)30)22-6-8-24(9-7-22)33(42)39-16-18-43-19-17-39/h1-9,12-15,20-21H,16-19H2,(H2,34,36,37,41). The van der Waals surface area contributed by atoms with E-state index in [0.29, 0.717) is 65.8 Å². The number of H-pyrrole nitrogens is 1. The van der Waals surface area contributed by atoms with Crippen molar-refractivity contribution in [3.05, 3.63) is 114 Å².